The highest BCUT2D eigenvalue weighted by molar-refractivity contribution is 5.82. The molecular weight excluding hydrogens is 568 g/mol. The van der Waals surface area contributed by atoms with Crippen LogP contribution in [-0.2, 0) is 27.1 Å². The Labute approximate surface area is 268 Å². The number of pyridine rings is 1. The lowest BCUT2D eigenvalue weighted by molar-refractivity contribution is 0.0202. The molecular formula is C36H53N4O5+. The molecule has 1 atom stereocenters. The fourth-order valence-corrected chi connectivity index (χ4v) is 7.46. The first kappa shape index (κ1) is 32.3. The molecule has 9 nitrogen and oxygen atoms in total. The van der Waals surface area contributed by atoms with Crippen molar-refractivity contribution in [2.45, 2.75) is 57.9 Å². The first-order valence-corrected chi connectivity index (χ1v) is 17.1. The van der Waals surface area contributed by atoms with E-state index in [1.54, 1.807) is 14.2 Å². The molecule has 3 fully saturated rings. The Bertz CT molecular complexity index is 1380. The zero-order chi connectivity index (χ0) is 31.2. The van der Waals surface area contributed by atoms with E-state index < -0.39 is 0 Å². The van der Waals surface area contributed by atoms with Crippen molar-refractivity contribution in [2.75, 3.05) is 87.1 Å². The molecule has 6 rings (SSSR count). The number of rotatable bonds is 15. The molecule has 0 N–H and O–H groups in total. The van der Waals surface area contributed by atoms with Crippen LogP contribution in [0, 0.1) is 5.92 Å². The van der Waals surface area contributed by atoms with E-state index in [-0.39, 0.29) is 0 Å². The number of fused-ring (bicyclic) bond motifs is 1. The first-order chi connectivity index (χ1) is 22.1. The Hall–Kier alpha value is -2.69. The predicted octanol–water partition coefficient (Wildman–Crippen LogP) is 5.39. The fraction of sp³-hybridized carbons (Fsp3) is 0.639. The third kappa shape index (κ3) is 7.18. The van der Waals surface area contributed by atoms with E-state index in [2.05, 4.69) is 53.7 Å². The normalized spacial score (nSPS) is 19.6. The Morgan fingerprint density at radius 3 is 2.31 bits per heavy atom. The summed E-state index contributed by atoms with van der Waals surface area (Å²) in [5, 5.41) is 5.31. The van der Waals surface area contributed by atoms with E-state index in [0.29, 0.717) is 6.04 Å². The van der Waals surface area contributed by atoms with Crippen LogP contribution in [0.5, 0.6) is 11.5 Å². The summed E-state index contributed by atoms with van der Waals surface area (Å²) in [6.45, 7) is 11.2. The lowest BCUT2D eigenvalue weighted by Crippen LogP contribution is -2.57. The van der Waals surface area contributed by atoms with Gasteiger partial charge in [-0.25, -0.2) is 4.52 Å². The summed E-state index contributed by atoms with van der Waals surface area (Å²) < 4.78 is 32.4. The maximum Gasteiger partial charge on any atom is 0.182 e. The Morgan fingerprint density at radius 1 is 0.933 bits per heavy atom. The Kier molecular flexibility index (Phi) is 10.6. The number of nitrogens with zero attached hydrogens (tertiary/aromatic N) is 4. The van der Waals surface area contributed by atoms with Crippen LogP contribution in [0.2, 0.25) is 0 Å². The predicted molar refractivity (Wildman–Crippen MR) is 179 cm³/mol. The van der Waals surface area contributed by atoms with Crippen molar-refractivity contribution in [3.8, 4) is 22.8 Å². The van der Waals surface area contributed by atoms with Crippen molar-refractivity contribution in [3.05, 3.63) is 41.6 Å². The van der Waals surface area contributed by atoms with Gasteiger partial charge in [-0.15, -0.1) is 0 Å². The average molecular weight is 622 g/mol. The summed E-state index contributed by atoms with van der Waals surface area (Å²) >= 11 is 0. The summed E-state index contributed by atoms with van der Waals surface area (Å²) in [7, 11) is 5.95. The molecule has 3 aromatic rings. The second kappa shape index (κ2) is 14.8. The van der Waals surface area contributed by atoms with Gasteiger partial charge in [-0.05, 0) is 61.9 Å². The first-order valence-electron chi connectivity index (χ1n) is 17.1. The minimum absolute atomic E-state index is 0.535. The van der Waals surface area contributed by atoms with Crippen LogP contribution in [0.15, 0.2) is 30.3 Å². The van der Waals surface area contributed by atoms with Crippen molar-refractivity contribution >= 4 is 11.2 Å². The molecule has 246 valence electrons. The van der Waals surface area contributed by atoms with Crippen molar-refractivity contribution in [2.24, 2.45) is 5.92 Å². The van der Waals surface area contributed by atoms with Crippen LogP contribution in [0.25, 0.3) is 16.8 Å². The third-order valence-electron chi connectivity index (χ3n) is 10.1. The summed E-state index contributed by atoms with van der Waals surface area (Å²) in [4.78, 5) is 2.40. The minimum Gasteiger partial charge on any atom is -0.496 e. The summed E-state index contributed by atoms with van der Waals surface area (Å²) in [5.74, 6) is 2.41. The number of hydrogen-bond donors (Lipinski definition) is 0. The Balaban J connectivity index is 1.26. The van der Waals surface area contributed by atoms with E-state index in [4.69, 9.17) is 28.8 Å². The molecule has 0 radical (unpaired) electrons. The van der Waals surface area contributed by atoms with Crippen LogP contribution in [0.1, 0.15) is 50.3 Å². The number of hydrogen-bond acceptors (Lipinski definition) is 7. The lowest BCUT2D eigenvalue weighted by atomic mass is 10.00. The second-order valence-corrected chi connectivity index (χ2v) is 13.1. The summed E-state index contributed by atoms with van der Waals surface area (Å²) in [6, 6.07) is 11.4. The number of benzene rings is 1. The zero-order valence-electron chi connectivity index (χ0n) is 27.9. The molecule has 2 aliphatic heterocycles. The van der Waals surface area contributed by atoms with Crippen LogP contribution < -0.4 is 14.0 Å². The third-order valence-corrected chi connectivity index (χ3v) is 10.1. The highest BCUT2D eigenvalue weighted by Gasteiger charge is 2.44. The summed E-state index contributed by atoms with van der Waals surface area (Å²) in [5.41, 5.74) is 6.85. The highest BCUT2D eigenvalue weighted by Crippen LogP contribution is 2.45. The standard InChI is InChI=1S/C36H53N4O5/c1-5-30-36(40(2,26-27-11-12-27)29-13-19-44-20-14-29)32-10-6-9-31(39(32)37-30)35-33(41-3)24-28(25-34(35)42-4)8-7-18-43-21-15-38-16-22-45-23-17-38/h6,9-10,24-25,27,29H,5,7-8,11-23,26H2,1-4H3/q+1. The number of aromatic nitrogens is 2. The molecule has 0 bridgehead atoms. The van der Waals surface area contributed by atoms with Gasteiger partial charge in [0.2, 0.25) is 0 Å². The number of methoxy groups -OCH3 is 2. The van der Waals surface area contributed by atoms with Gasteiger partial charge in [0, 0.05) is 45.0 Å². The number of ether oxygens (including phenoxy) is 5. The van der Waals surface area contributed by atoms with Crippen molar-refractivity contribution < 1.29 is 23.7 Å². The molecule has 4 heterocycles. The van der Waals surface area contributed by atoms with E-state index in [0.717, 1.165) is 125 Å². The number of quaternary nitrogens is 1. The van der Waals surface area contributed by atoms with E-state index >= 15 is 0 Å². The van der Waals surface area contributed by atoms with E-state index in [9.17, 15) is 0 Å². The average Bonchev–Trinajstić information content (AvgIpc) is 3.81. The van der Waals surface area contributed by atoms with Crippen LogP contribution in [-0.4, -0.2) is 108 Å². The van der Waals surface area contributed by atoms with Crippen molar-refractivity contribution in [1.82, 2.24) is 19.0 Å². The quantitative estimate of drug-likeness (QED) is 0.167. The van der Waals surface area contributed by atoms with Crippen LogP contribution in [0.4, 0.5) is 5.69 Å². The second-order valence-electron chi connectivity index (χ2n) is 13.1. The molecule has 45 heavy (non-hydrogen) atoms. The Morgan fingerprint density at radius 2 is 1.64 bits per heavy atom. The molecule has 2 saturated heterocycles. The largest absolute Gasteiger partial charge is 0.496 e. The van der Waals surface area contributed by atoms with Gasteiger partial charge >= 0.3 is 0 Å². The molecule has 1 aromatic carbocycles. The molecule has 0 amide bonds. The van der Waals surface area contributed by atoms with Gasteiger partial charge in [0.1, 0.15) is 22.7 Å². The smallest absolute Gasteiger partial charge is 0.182 e. The SMILES string of the molecule is CCc1nn2c(-c3c(OC)cc(CCCOCCN4CCOCC4)cc3OC)cccc2c1[N+](C)(CC1CC1)C1CCOCC1. The number of morpholine rings is 1. The van der Waals surface area contributed by atoms with Gasteiger partial charge in [-0.3, -0.25) is 9.38 Å². The van der Waals surface area contributed by atoms with E-state index in [1.165, 1.54) is 41.8 Å². The minimum atomic E-state index is 0.535. The van der Waals surface area contributed by atoms with Gasteiger partial charge in [-0.1, -0.05) is 13.0 Å². The molecule has 3 aliphatic rings. The van der Waals surface area contributed by atoms with Gasteiger partial charge in [0.25, 0.3) is 0 Å². The molecule has 1 unspecified atom stereocenters. The lowest BCUT2D eigenvalue weighted by Gasteiger charge is -2.43. The van der Waals surface area contributed by atoms with Crippen LogP contribution in [0.3, 0.4) is 0 Å². The maximum atomic E-state index is 6.04. The van der Waals surface area contributed by atoms with Crippen LogP contribution >= 0.6 is 0 Å². The van der Waals surface area contributed by atoms with Gasteiger partial charge in [0.15, 0.2) is 5.69 Å². The maximum absolute atomic E-state index is 6.04. The van der Waals surface area contributed by atoms with Crippen molar-refractivity contribution in [3.63, 3.8) is 0 Å². The van der Waals surface area contributed by atoms with Crippen molar-refractivity contribution in [1.29, 1.82) is 0 Å². The van der Waals surface area contributed by atoms with Gasteiger partial charge < -0.3 is 23.7 Å². The fourth-order valence-electron chi connectivity index (χ4n) is 7.46. The molecule has 9 heteroatoms. The molecule has 1 saturated carbocycles. The summed E-state index contributed by atoms with van der Waals surface area (Å²) in [6.07, 6.45) is 7.57. The zero-order valence-corrected chi connectivity index (χ0v) is 27.9. The highest BCUT2D eigenvalue weighted by atomic mass is 16.5. The molecule has 0 spiro atoms. The molecule has 1 aliphatic carbocycles. The topological polar surface area (TPSA) is 66.7 Å². The van der Waals surface area contributed by atoms with E-state index in [1.807, 2.05) is 0 Å². The monoisotopic (exact) mass is 621 g/mol. The van der Waals surface area contributed by atoms with Gasteiger partial charge in [0.05, 0.1) is 78.1 Å². The molecule has 2 aromatic heterocycles. The van der Waals surface area contributed by atoms with Gasteiger partial charge in [-0.2, -0.15) is 5.10 Å². The number of aryl methyl sites for hydroxylation is 2.